The van der Waals surface area contributed by atoms with Crippen molar-refractivity contribution < 1.29 is 14.7 Å². The Labute approximate surface area is 117 Å². The number of amides is 1. The van der Waals surface area contributed by atoms with Crippen LogP contribution in [0.1, 0.15) is 30.1 Å². The lowest BCUT2D eigenvalue weighted by molar-refractivity contribution is -0.137. The van der Waals surface area contributed by atoms with Crippen LogP contribution in [0.15, 0.2) is 18.2 Å². The van der Waals surface area contributed by atoms with Crippen LogP contribution in [0, 0.1) is 0 Å². The monoisotopic (exact) mass is 284 g/mol. The van der Waals surface area contributed by atoms with Crippen molar-refractivity contribution in [3.63, 3.8) is 0 Å². The number of hydrogen-bond acceptors (Lipinski definition) is 3. The number of carbonyl (C=O) groups is 2. The maximum atomic E-state index is 11.5. The normalized spacial score (nSPS) is 11.7. The van der Waals surface area contributed by atoms with Crippen LogP contribution in [-0.2, 0) is 4.79 Å². The van der Waals surface area contributed by atoms with Gasteiger partial charge in [-0.25, -0.2) is 0 Å². The molecule has 0 saturated carbocycles. The zero-order valence-corrected chi connectivity index (χ0v) is 11.6. The summed E-state index contributed by atoms with van der Waals surface area (Å²) in [4.78, 5) is 22.0. The molecule has 1 aromatic carbocycles. The average Bonchev–Trinajstić information content (AvgIpc) is 2.38. The third kappa shape index (κ3) is 4.79. The Balaban J connectivity index is 2.76. The van der Waals surface area contributed by atoms with E-state index in [-0.39, 0.29) is 18.4 Å². The molecule has 19 heavy (non-hydrogen) atoms. The van der Waals surface area contributed by atoms with Crippen molar-refractivity contribution in [2.75, 3.05) is 12.4 Å². The van der Waals surface area contributed by atoms with E-state index in [9.17, 15) is 9.59 Å². The Kier molecular flexibility index (Phi) is 5.63. The van der Waals surface area contributed by atoms with Gasteiger partial charge in [0.15, 0.2) is 0 Å². The third-order valence-electron chi connectivity index (χ3n) is 2.65. The van der Waals surface area contributed by atoms with Gasteiger partial charge in [0.2, 0.25) is 0 Å². The maximum Gasteiger partial charge on any atom is 0.303 e. The number of carboxylic acid groups (broad SMARTS) is 1. The summed E-state index contributed by atoms with van der Waals surface area (Å²) < 4.78 is 0. The number of rotatable bonds is 6. The number of benzene rings is 1. The van der Waals surface area contributed by atoms with Gasteiger partial charge in [-0.2, -0.15) is 0 Å². The van der Waals surface area contributed by atoms with Gasteiger partial charge in [-0.05, 0) is 31.5 Å². The summed E-state index contributed by atoms with van der Waals surface area (Å²) in [7, 11) is 1.56. The highest BCUT2D eigenvalue weighted by Gasteiger charge is 2.10. The Morgan fingerprint density at radius 3 is 2.68 bits per heavy atom. The predicted octanol–water partition coefficient (Wildman–Crippen LogP) is 2.36. The van der Waals surface area contributed by atoms with E-state index in [4.69, 9.17) is 16.7 Å². The molecule has 0 aliphatic heterocycles. The summed E-state index contributed by atoms with van der Waals surface area (Å²) in [6.45, 7) is 1.87. The van der Waals surface area contributed by atoms with Crippen molar-refractivity contribution in [2.24, 2.45) is 0 Å². The highest BCUT2D eigenvalue weighted by molar-refractivity contribution is 6.33. The molecule has 0 saturated heterocycles. The van der Waals surface area contributed by atoms with Gasteiger partial charge >= 0.3 is 5.97 Å². The lowest BCUT2D eigenvalue weighted by Gasteiger charge is -2.16. The van der Waals surface area contributed by atoms with Crippen molar-refractivity contribution in [3.8, 4) is 0 Å². The average molecular weight is 285 g/mol. The van der Waals surface area contributed by atoms with Gasteiger partial charge in [0.1, 0.15) is 0 Å². The van der Waals surface area contributed by atoms with Crippen LogP contribution < -0.4 is 10.6 Å². The molecule has 0 radical (unpaired) electrons. The number of anilines is 1. The summed E-state index contributed by atoms with van der Waals surface area (Å²) in [6.07, 6.45) is 0.566. The molecule has 1 atom stereocenters. The number of hydrogen-bond donors (Lipinski definition) is 3. The predicted molar refractivity (Wildman–Crippen MR) is 74.8 cm³/mol. The summed E-state index contributed by atoms with van der Waals surface area (Å²) in [5.41, 5.74) is 1.13. The zero-order valence-electron chi connectivity index (χ0n) is 10.9. The molecule has 1 rings (SSSR count). The summed E-state index contributed by atoms with van der Waals surface area (Å²) in [6, 6.07) is 4.87. The fraction of sp³-hybridized carbons (Fsp3) is 0.385. The number of carbonyl (C=O) groups excluding carboxylic acids is 1. The van der Waals surface area contributed by atoms with Crippen molar-refractivity contribution >= 4 is 29.2 Å². The molecule has 0 bridgehead atoms. The van der Waals surface area contributed by atoms with E-state index in [1.54, 1.807) is 25.2 Å². The van der Waals surface area contributed by atoms with Gasteiger partial charge in [-0.3, -0.25) is 9.59 Å². The molecular formula is C13H17ClN2O3. The van der Waals surface area contributed by atoms with Gasteiger partial charge < -0.3 is 15.7 Å². The standard InChI is InChI=1S/C13H17ClN2O3/c1-8(3-6-12(17)18)16-11-7-9(13(19)15-2)4-5-10(11)14/h4-5,7-8,16H,3,6H2,1-2H3,(H,15,19)(H,17,18). The van der Waals surface area contributed by atoms with E-state index < -0.39 is 5.97 Å². The first-order valence-electron chi connectivity index (χ1n) is 5.94. The second-order valence-electron chi connectivity index (χ2n) is 4.25. The SMILES string of the molecule is CNC(=O)c1ccc(Cl)c(NC(C)CCC(=O)O)c1. The molecule has 0 aliphatic carbocycles. The van der Waals surface area contributed by atoms with Crippen molar-refractivity contribution in [1.29, 1.82) is 0 Å². The highest BCUT2D eigenvalue weighted by atomic mass is 35.5. The first-order chi connectivity index (χ1) is 8.93. The van der Waals surface area contributed by atoms with Crippen LogP contribution in [0.2, 0.25) is 5.02 Å². The molecule has 104 valence electrons. The van der Waals surface area contributed by atoms with Gasteiger partial charge in [0.05, 0.1) is 10.7 Å². The van der Waals surface area contributed by atoms with E-state index in [2.05, 4.69) is 10.6 Å². The molecule has 1 aromatic rings. The molecule has 0 heterocycles. The molecule has 0 aromatic heterocycles. The minimum atomic E-state index is -0.834. The summed E-state index contributed by atoms with van der Waals surface area (Å²) >= 11 is 6.04. The zero-order chi connectivity index (χ0) is 14.4. The topological polar surface area (TPSA) is 78.4 Å². The molecule has 1 unspecified atom stereocenters. The van der Waals surface area contributed by atoms with Crippen LogP contribution in [0.5, 0.6) is 0 Å². The van der Waals surface area contributed by atoms with Gasteiger partial charge in [0.25, 0.3) is 5.91 Å². The maximum absolute atomic E-state index is 11.5. The minimum Gasteiger partial charge on any atom is -0.481 e. The lowest BCUT2D eigenvalue weighted by Crippen LogP contribution is -2.19. The van der Waals surface area contributed by atoms with Crippen LogP contribution >= 0.6 is 11.6 Å². The largest absolute Gasteiger partial charge is 0.481 e. The Bertz CT molecular complexity index is 477. The minimum absolute atomic E-state index is 0.0477. The van der Waals surface area contributed by atoms with Crippen LogP contribution in [0.4, 0.5) is 5.69 Å². The Morgan fingerprint density at radius 1 is 1.42 bits per heavy atom. The van der Waals surface area contributed by atoms with Crippen molar-refractivity contribution in [3.05, 3.63) is 28.8 Å². The van der Waals surface area contributed by atoms with E-state index >= 15 is 0 Å². The van der Waals surface area contributed by atoms with Gasteiger partial charge in [0, 0.05) is 25.1 Å². The number of halogens is 1. The van der Waals surface area contributed by atoms with Gasteiger partial charge in [-0.1, -0.05) is 11.6 Å². The number of carboxylic acids is 1. The lowest BCUT2D eigenvalue weighted by atomic mass is 10.1. The molecule has 0 spiro atoms. The molecule has 1 amide bonds. The summed E-state index contributed by atoms with van der Waals surface area (Å²) in [5.74, 6) is -1.03. The molecule has 3 N–H and O–H groups in total. The van der Waals surface area contributed by atoms with Crippen molar-refractivity contribution in [2.45, 2.75) is 25.8 Å². The smallest absolute Gasteiger partial charge is 0.303 e. The van der Waals surface area contributed by atoms with E-state index in [1.165, 1.54) is 0 Å². The molecule has 0 fully saturated rings. The first-order valence-corrected chi connectivity index (χ1v) is 6.31. The quantitative estimate of drug-likeness (QED) is 0.749. The van der Waals surface area contributed by atoms with E-state index in [1.807, 2.05) is 6.92 Å². The van der Waals surface area contributed by atoms with Crippen LogP contribution in [0.25, 0.3) is 0 Å². The van der Waals surface area contributed by atoms with Crippen molar-refractivity contribution in [1.82, 2.24) is 5.32 Å². The summed E-state index contributed by atoms with van der Waals surface area (Å²) in [5, 5.41) is 14.8. The second kappa shape index (κ2) is 6.99. The van der Waals surface area contributed by atoms with Gasteiger partial charge in [-0.15, -0.1) is 0 Å². The first kappa shape index (κ1) is 15.3. The third-order valence-corrected chi connectivity index (χ3v) is 2.98. The fourth-order valence-electron chi connectivity index (χ4n) is 1.60. The van der Waals surface area contributed by atoms with Crippen LogP contribution in [-0.4, -0.2) is 30.1 Å². The molecule has 0 aliphatic rings. The van der Waals surface area contributed by atoms with Crippen LogP contribution in [0.3, 0.4) is 0 Å². The molecular weight excluding hydrogens is 268 g/mol. The Hall–Kier alpha value is -1.75. The number of nitrogens with one attached hydrogen (secondary N) is 2. The number of aliphatic carboxylic acids is 1. The van der Waals surface area contributed by atoms with E-state index in [0.717, 1.165) is 0 Å². The molecule has 5 nitrogen and oxygen atoms in total. The molecule has 6 heteroatoms. The second-order valence-corrected chi connectivity index (χ2v) is 4.66. The highest BCUT2D eigenvalue weighted by Crippen LogP contribution is 2.24. The fourth-order valence-corrected chi connectivity index (χ4v) is 1.77. The van der Waals surface area contributed by atoms with E-state index in [0.29, 0.717) is 22.7 Å². The Morgan fingerprint density at radius 2 is 2.11 bits per heavy atom.